The molecule has 19 heavy (non-hydrogen) atoms. The average molecular weight is 286 g/mol. The molecule has 1 N–H and O–H groups in total. The summed E-state index contributed by atoms with van der Waals surface area (Å²) in [6.45, 7) is 3.90. The zero-order valence-electron chi connectivity index (χ0n) is 9.76. The van der Waals surface area contributed by atoms with E-state index in [0.29, 0.717) is 5.69 Å². The standard InChI is InChI=1S/C12H10ClF2N3.CH4/c1-6-3-4-8(5-7(6)2)16-11-9(13)10(14)17-12(15)18-11;/h3-5H,1-2H3,(H,16,17,18);1H4. The number of nitrogens with zero attached hydrogens (tertiary/aromatic N) is 2. The van der Waals surface area contributed by atoms with Crippen LogP contribution < -0.4 is 5.32 Å². The molecule has 2 aromatic rings. The lowest BCUT2D eigenvalue weighted by Crippen LogP contribution is -2.02. The van der Waals surface area contributed by atoms with E-state index in [1.807, 2.05) is 26.0 Å². The van der Waals surface area contributed by atoms with E-state index in [2.05, 4.69) is 15.3 Å². The Labute approximate surface area is 115 Å². The smallest absolute Gasteiger partial charge is 0.313 e. The van der Waals surface area contributed by atoms with Crippen molar-refractivity contribution in [3.05, 3.63) is 46.4 Å². The van der Waals surface area contributed by atoms with Gasteiger partial charge in [0.1, 0.15) is 5.02 Å². The molecule has 0 aliphatic heterocycles. The van der Waals surface area contributed by atoms with Gasteiger partial charge in [0.15, 0.2) is 5.82 Å². The molecule has 3 nitrogen and oxygen atoms in total. The van der Waals surface area contributed by atoms with E-state index in [-0.39, 0.29) is 18.3 Å². The molecule has 0 atom stereocenters. The highest BCUT2D eigenvalue weighted by molar-refractivity contribution is 6.33. The number of rotatable bonds is 2. The largest absolute Gasteiger partial charge is 0.339 e. The van der Waals surface area contributed by atoms with Crippen LogP contribution in [-0.4, -0.2) is 9.97 Å². The minimum atomic E-state index is -1.16. The SMILES string of the molecule is C.Cc1ccc(Nc2nc(F)nc(F)c2Cl)cc1C. The van der Waals surface area contributed by atoms with Crippen molar-refractivity contribution in [2.75, 3.05) is 5.32 Å². The van der Waals surface area contributed by atoms with E-state index in [4.69, 9.17) is 11.6 Å². The van der Waals surface area contributed by atoms with Crippen LogP contribution in [0.4, 0.5) is 20.3 Å². The van der Waals surface area contributed by atoms with Crippen LogP contribution in [0.5, 0.6) is 0 Å². The maximum absolute atomic E-state index is 13.1. The molecule has 1 aromatic heterocycles. The second-order valence-electron chi connectivity index (χ2n) is 3.87. The molecule has 0 aliphatic rings. The zero-order chi connectivity index (χ0) is 13.3. The molecule has 0 spiro atoms. The molecular weight excluding hydrogens is 272 g/mol. The Morgan fingerprint density at radius 2 is 1.79 bits per heavy atom. The third-order valence-electron chi connectivity index (χ3n) is 2.55. The van der Waals surface area contributed by atoms with Crippen LogP contribution in [0.15, 0.2) is 18.2 Å². The molecule has 102 valence electrons. The molecule has 0 saturated heterocycles. The van der Waals surface area contributed by atoms with E-state index in [0.717, 1.165) is 11.1 Å². The van der Waals surface area contributed by atoms with Crippen LogP contribution in [-0.2, 0) is 0 Å². The summed E-state index contributed by atoms with van der Waals surface area (Å²) in [7, 11) is 0. The van der Waals surface area contributed by atoms with Gasteiger partial charge >= 0.3 is 6.08 Å². The van der Waals surface area contributed by atoms with E-state index < -0.39 is 12.0 Å². The predicted molar refractivity (Wildman–Crippen MR) is 72.9 cm³/mol. The number of hydrogen-bond donors (Lipinski definition) is 1. The van der Waals surface area contributed by atoms with Crippen molar-refractivity contribution in [2.45, 2.75) is 21.3 Å². The number of aromatic nitrogens is 2. The highest BCUT2D eigenvalue weighted by Gasteiger charge is 2.12. The lowest BCUT2D eigenvalue weighted by molar-refractivity contribution is 0.485. The molecule has 0 saturated carbocycles. The van der Waals surface area contributed by atoms with Crippen LogP contribution in [0.3, 0.4) is 0 Å². The average Bonchev–Trinajstić information content (AvgIpc) is 2.30. The van der Waals surface area contributed by atoms with Gasteiger partial charge in [0.2, 0.25) is 5.95 Å². The normalized spacial score (nSPS) is 9.95. The monoisotopic (exact) mass is 285 g/mol. The molecule has 0 radical (unpaired) electrons. The van der Waals surface area contributed by atoms with Crippen molar-refractivity contribution >= 4 is 23.1 Å². The molecule has 2 rings (SSSR count). The first-order chi connectivity index (χ1) is 8.47. The predicted octanol–water partition coefficient (Wildman–Crippen LogP) is 4.40. The van der Waals surface area contributed by atoms with Crippen molar-refractivity contribution in [1.82, 2.24) is 9.97 Å². The highest BCUT2D eigenvalue weighted by Crippen LogP contribution is 2.25. The molecule has 0 fully saturated rings. The number of aryl methyl sites for hydroxylation is 2. The van der Waals surface area contributed by atoms with Crippen LogP contribution in [0.2, 0.25) is 5.02 Å². The minimum absolute atomic E-state index is 0. The molecular formula is C13H14ClF2N3. The topological polar surface area (TPSA) is 37.8 Å². The Kier molecular flexibility index (Phi) is 4.78. The Bertz CT molecular complexity index is 603. The zero-order valence-corrected chi connectivity index (χ0v) is 10.5. The summed E-state index contributed by atoms with van der Waals surface area (Å²) in [5.74, 6) is -1.18. The lowest BCUT2D eigenvalue weighted by atomic mass is 10.1. The summed E-state index contributed by atoms with van der Waals surface area (Å²) in [6, 6.07) is 5.50. The summed E-state index contributed by atoms with van der Waals surface area (Å²) in [4.78, 5) is 6.31. The van der Waals surface area contributed by atoms with Crippen molar-refractivity contribution in [1.29, 1.82) is 0 Å². The first-order valence-corrected chi connectivity index (χ1v) is 5.58. The van der Waals surface area contributed by atoms with Gasteiger partial charge in [-0.05, 0) is 37.1 Å². The second kappa shape index (κ2) is 5.93. The van der Waals surface area contributed by atoms with Crippen molar-refractivity contribution in [3.63, 3.8) is 0 Å². The van der Waals surface area contributed by atoms with E-state index in [1.165, 1.54) is 0 Å². The summed E-state index contributed by atoms with van der Waals surface area (Å²) < 4.78 is 26.0. The summed E-state index contributed by atoms with van der Waals surface area (Å²) in [5.41, 5.74) is 2.82. The summed E-state index contributed by atoms with van der Waals surface area (Å²) in [5, 5.41) is 2.42. The number of hydrogen-bond acceptors (Lipinski definition) is 3. The molecule has 1 aromatic carbocycles. The van der Waals surface area contributed by atoms with Crippen LogP contribution in [0, 0.1) is 25.9 Å². The van der Waals surface area contributed by atoms with Crippen LogP contribution in [0.1, 0.15) is 18.6 Å². The molecule has 0 unspecified atom stereocenters. The van der Waals surface area contributed by atoms with Gasteiger partial charge in [-0.1, -0.05) is 25.1 Å². The second-order valence-corrected chi connectivity index (χ2v) is 4.25. The Hall–Kier alpha value is -1.75. The Morgan fingerprint density at radius 3 is 2.42 bits per heavy atom. The third kappa shape index (κ3) is 3.38. The van der Waals surface area contributed by atoms with Crippen molar-refractivity contribution in [2.24, 2.45) is 0 Å². The maximum Gasteiger partial charge on any atom is 0.313 e. The fourth-order valence-corrected chi connectivity index (χ4v) is 1.56. The fourth-order valence-electron chi connectivity index (χ4n) is 1.43. The Balaban J connectivity index is 0.00000180. The maximum atomic E-state index is 13.1. The summed E-state index contributed by atoms with van der Waals surface area (Å²) >= 11 is 5.66. The minimum Gasteiger partial charge on any atom is -0.339 e. The van der Waals surface area contributed by atoms with Gasteiger partial charge in [-0.15, -0.1) is 0 Å². The van der Waals surface area contributed by atoms with Gasteiger partial charge < -0.3 is 5.32 Å². The molecule has 0 aliphatic carbocycles. The number of halogens is 3. The fraction of sp³-hybridized carbons (Fsp3) is 0.231. The van der Waals surface area contributed by atoms with Gasteiger partial charge in [-0.2, -0.15) is 18.7 Å². The third-order valence-corrected chi connectivity index (χ3v) is 2.89. The number of benzene rings is 1. The van der Waals surface area contributed by atoms with E-state index in [9.17, 15) is 8.78 Å². The van der Waals surface area contributed by atoms with Gasteiger partial charge in [-0.3, -0.25) is 0 Å². The lowest BCUT2D eigenvalue weighted by Gasteiger charge is -2.09. The number of nitrogens with one attached hydrogen (secondary N) is 1. The van der Waals surface area contributed by atoms with Crippen molar-refractivity contribution in [3.8, 4) is 0 Å². The van der Waals surface area contributed by atoms with Crippen LogP contribution >= 0.6 is 11.6 Å². The van der Waals surface area contributed by atoms with Crippen molar-refractivity contribution < 1.29 is 8.78 Å². The first kappa shape index (κ1) is 15.3. The van der Waals surface area contributed by atoms with E-state index in [1.54, 1.807) is 6.07 Å². The molecule has 1 heterocycles. The van der Waals surface area contributed by atoms with Gasteiger partial charge in [-0.25, -0.2) is 0 Å². The van der Waals surface area contributed by atoms with Gasteiger partial charge in [0.05, 0.1) is 0 Å². The number of anilines is 2. The highest BCUT2D eigenvalue weighted by atomic mass is 35.5. The Morgan fingerprint density at radius 1 is 1.11 bits per heavy atom. The molecule has 6 heteroatoms. The molecule has 0 amide bonds. The first-order valence-electron chi connectivity index (χ1n) is 5.20. The quantitative estimate of drug-likeness (QED) is 0.656. The summed E-state index contributed by atoms with van der Waals surface area (Å²) in [6.07, 6.45) is -1.16. The van der Waals surface area contributed by atoms with Gasteiger partial charge in [0.25, 0.3) is 0 Å². The van der Waals surface area contributed by atoms with E-state index >= 15 is 0 Å². The van der Waals surface area contributed by atoms with Gasteiger partial charge in [0, 0.05) is 5.69 Å². The van der Waals surface area contributed by atoms with Crippen LogP contribution in [0.25, 0.3) is 0 Å². The molecule has 0 bridgehead atoms.